The van der Waals surface area contributed by atoms with E-state index in [1.807, 2.05) is 18.2 Å². The highest BCUT2D eigenvalue weighted by Crippen LogP contribution is 2.52. The number of ether oxygens (including phenoxy) is 1. The van der Waals surface area contributed by atoms with Crippen LogP contribution in [0.4, 0.5) is 18.9 Å². The van der Waals surface area contributed by atoms with Crippen molar-refractivity contribution in [2.24, 2.45) is 17.8 Å². The van der Waals surface area contributed by atoms with Crippen molar-refractivity contribution in [3.8, 4) is 5.75 Å². The zero-order valence-corrected chi connectivity index (χ0v) is 14.3. The van der Waals surface area contributed by atoms with Crippen LogP contribution in [-0.2, 0) is 4.79 Å². The molecule has 2 N–H and O–H groups in total. The van der Waals surface area contributed by atoms with Gasteiger partial charge in [0.15, 0.2) is 0 Å². The van der Waals surface area contributed by atoms with Crippen molar-refractivity contribution >= 4 is 22.5 Å². The molecule has 1 aromatic heterocycles. The van der Waals surface area contributed by atoms with E-state index in [1.54, 1.807) is 6.20 Å². The first-order chi connectivity index (χ1) is 12.3. The third-order valence-electron chi connectivity index (χ3n) is 5.26. The first-order valence-corrected chi connectivity index (χ1v) is 8.61. The number of carbonyl (C=O) groups excluding carboxylic acids is 1. The Morgan fingerprint density at radius 3 is 2.73 bits per heavy atom. The Morgan fingerprint density at radius 1 is 1.35 bits per heavy atom. The Hall–Kier alpha value is -2.22. The number of amides is 1. The van der Waals surface area contributed by atoms with Gasteiger partial charge in [0.2, 0.25) is 5.91 Å². The van der Waals surface area contributed by atoms with Crippen LogP contribution in [0.5, 0.6) is 5.75 Å². The second kappa shape index (κ2) is 6.19. The van der Waals surface area contributed by atoms with Crippen molar-refractivity contribution in [2.45, 2.75) is 13.1 Å². The molecule has 4 rings (SSSR count). The van der Waals surface area contributed by atoms with Gasteiger partial charge in [-0.25, -0.2) is 0 Å². The topological polar surface area (TPSA) is 57.4 Å². The summed E-state index contributed by atoms with van der Waals surface area (Å²) in [5, 5.41) is 3.63. The molecule has 2 unspecified atom stereocenters. The van der Waals surface area contributed by atoms with Gasteiger partial charge in [-0.15, -0.1) is 0 Å². The highest BCUT2D eigenvalue weighted by molar-refractivity contribution is 6.01. The fourth-order valence-corrected chi connectivity index (χ4v) is 4.04. The zero-order chi connectivity index (χ0) is 18.5. The van der Waals surface area contributed by atoms with E-state index in [4.69, 9.17) is 4.74 Å². The summed E-state index contributed by atoms with van der Waals surface area (Å²) >= 11 is 0. The summed E-state index contributed by atoms with van der Waals surface area (Å²) < 4.78 is 43.2. The Balaban J connectivity index is 1.33. The molecule has 1 aliphatic heterocycles. The molecule has 2 fully saturated rings. The van der Waals surface area contributed by atoms with Gasteiger partial charge in [0.05, 0.1) is 18.8 Å². The molecule has 0 radical (unpaired) electrons. The van der Waals surface area contributed by atoms with E-state index in [0.29, 0.717) is 48.9 Å². The first kappa shape index (κ1) is 17.2. The maximum atomic E-state index is 12.4. The minimum atomic E-state index is -4.12. The summed E-state index contributed by atoms with van der Waals surface area (Å²) in [5.74, 6) is 1.50. The molecule has 1 saturated heterocycles. The van der Waals surface area contributed by atoms with E-state index in [1.165, 1.54) is 11.8 Å². The Morgan fingerprint density at radius 2 is 2.08 bits per heavy atom. The van der Waals surface area contributed by atoms with Gasteiger partial charge in [-0.05, 0) is 30.0 Å². The lowest BCUT2D eigenvalue weighted by molar-refractivity contribution is -0.145. The average Bonchev–Trinajstić information content (AvgIpc) is 2.88. The summed E-state index contributed by atoms with van der Waals surface area (Å²) in [6.45, 7) is 2.15. The zero-order valence-electron chi connectivity index (χ0n) is 14.3. The smallest absolute Gasteiger partial charge is 0.401 e. The maximum Gasteiger partial charge on any atom is 0.401 e. The number of hydrogen-bond acceptors (Lipinski definition) is 3. The Kier molecular flexibility index (Phi) is 4.10. The largest absolute Gasteiger partial charge is 0.493 e. The number of likely N-dealkylation sites (tertiary alicyclic amines) is 1. The predicted octanol–water partition coefficient (Wildman–Crippen LogP) is 3.25. The number of carbonyl (C=O) groups is 1. The van der Waals surface area contributed by atoms with Crippen LogP contribution in [0.15, 0.2) is 24.4 Å². The van der Waals surface area contributed by atoms with Crippen LogP contribution in [0.2, 0.25) is 0 Å². The molecule has 1 aliphatic carbocycles. The number of nitrogens with one attached hydrogen (secondary N) is 2. The lowest BCUT2D eigenvalue weighted by Gasteiger charge is -2.20. The molecular weight excluding hydrogens is 347 g/mol. The van der Waals surface area contributed by atoms with Crippen molar-refractivity contribution < 1.29 is 22.7 Å². The van der Waals surface area contributed by atoms with Crippen molar-refractivity contribution in [1.29, 1.82) is 0 Å². The number of anilines is 1. The fourth-order valence-electron chi connectivity index (χ4n) is 4.04. The molecule has 0 spiro atoms. The minimum absolute atomic E-state index is 0.147. The minimum Gasteiger partial charge on any atom is -0.493 e. The van der Waals surface area contributed by atoms with Gasteiger partial charge >= 0.3 is 6.18 Å². The molecule has 3 atom stereocenters. The van der Waals surface area contributed by atoms with E-state index in [-0.39, 0.29) is 5.91 Å². The Labute approximate surface area is 148 Å². The number of hydrogen-bond donors (Lipinski definition) is 2. The summed E-state index contributed by atoms with van der Waals surface area (Å²) in [6.07, 6.45) is -2.39. The molecule has 0 bridgehead atoms. The molecule has 140 valence electrons. The van der Waals surface area contributed by atoms with E-state index >= 15 is 0 Å². The van der Waals surface area contributed by atoms with Gasteiger partial charge < -0.3 is 15.0 Å². The van der Waals surface area contributed by atoms with Crippen molar-refractivity contribution in [3.63, 3.8) is 0 Å². The normalized spacial score (nSPS) is 25.3. The number of halogens is 3. The molecule has 26 heavy (non-hydrogen) atoms. The van der Waals surface area contributed by atoms with Gasteiger partial charge in [-0.1, -0.05) is 0 Å². The lowest BCUT2D eigenvalue weighted by Crippen LogP contribution is -2.35. The number of nitrogens with zero attached hydrogens (tertiary/aromatic N) is 1. The van der Waals surface area contributed by atoms with Gasteiger partial charge in [0.1, 0.15) is 5.75 Å². The SMILES string of the molecule is CC(=O)Nc1c[nH]c2ccc(OCC3C4CN(CC(F)(F)F)C[C@H]34)cc12. The van der Waals surface area contributed by atoms with E-state index < -0.39 is 12.7 Å². The predicted molar refractivity (Wildman–Crippen MR) is 91.1 cm³/mol. The van der Waals surface area contributed by atoms with Gasteiger partial charge in [-0.3, -0.25) is 9.69 Å². The molecule has 1 amide bonds. The number of rotatable bonds is 5. The van der Waals surface area contributed by atoms with Crippen molar-refractivity contribution in [2.75, 3.05) is 31.6 Å². The molecule has 1 aromatic carbocycles. The van der Waals surface area contributed by atoms with Gasteiger partial charge in [-0.2, -0.15) is 13.2 Å². The standard InChI is InChI=1S/C18H20F3N3O2/c1-10(25)23-17-5-22-16-3-2-11(4-12(16)17)26-8-15-13-6-24(7-14(13)15)9-18(19,20)21/h2-5,13-15,22H,6-9H2,1H3,(H,23,25)/t13-,14?,15?/m0/s1. The number of fused-ring (bicyclic) bond motifs is 2. The van der Waals surface area contributed by atoms with Gasteiger partial charge in [0.25, 0.3) is 0 Å². The molecule has 2 aliphatic rings. The van der Waals surface area contributed by atoms with Crippen LogP contribution in [0.1, 0.15) is 6.92 Å². The number of benzene rings is 1. The highest BCUT2D eigenvalue weighted by atomic mass is 19.4. The fraction of sp³-hybridized carbons (Fsp3) is 0.500. The lowest BCUT2D eigenvalue weighted by atomic mass is 10.2. The monoisotopic (exact) mass is 367 g/mol. The molecule has 2 heterocycles. The highest BCUT2D eigenvalue weighted by Gasteiger charge is 2.56. The number of H-pyrrole nitrogens is 1. The van der Waals surface area contributed by atoms with E-state index in [9.17, 15) is 18.0 Å². The van der Waals surface area contributed by atoms with Crippen LogP contribution in [0.3, 0.4) is 0 Å². The number of piperidine rings is 1. The van der Waals surface area contributed by atoms with Crippen LogP contribution in [0, 0.1) is 17.8 Å². The van der Waals surface area contributed by atoms with Gasteiger partial charge in [0, 0.05) is 43.0 Å². The molecule has 2 aromatic rings. The summed E-state index contributed by atoms with van der Waals surface area (Å²) in [7, 11) is 0. The van der Waals surface area contributed by atoms with Crippen LogP contribution >= 0.6 is 0 Å². The van der Waals surface area contributed by atoms with E-state index in [0.717, 1.165) is 10.9 Å². The molecule has 8 heteroatoms. The third kappa shape index (κ3) is 3.51. The number of alkyl halides is 3. The summed E-state index contributed by atoms with van der Waals surface area (Å²) in [4.78, 5) is 15.8. The second-order valence-electron chi connectivity index (χ2n) is 7.20. The average molecular weight is 367 g/mol. The quantitative estimate of drug-likeness (QED) is 0.853. The maximum absolute atomic E-state index is 12.4. The summed E-state index contributed by atoms with van der Waals surface area (Å²) in [6, 6.07) is 5.60. The number of aromatic nitrogens is 1. The van der Waals surface area contributed by atoms with Crippen molar-refractivity contribution in [3.05, 3.63) is 24.4 Å². The van der Waals surface area contributed by atoms with Crippen LogP contribution in [-0.4, -0.2) is 48.2 Å². The molecule has 1 saturated carbocycles. The van der Waals surface area contributed by atoms with E-state index in [2.05, 4.69) is 10.3 Å². The van der Waals surface area contributed by atoms with Crippen LogP contribution in [0.25, 0.3) is 10.9 Å². The Bertz CT molecular complexity index is 821. The summed E-state index contributed by atoms with van der Waals surface area (Å²) in [5.41, 5.74) is 1.59. The first-order valence-electron chi connectivity index (χ1n) is 8.61. The van der Waals surface area contributed by atoms with Crippen LogP contribution < -0.4 is 10.1 Å². The molecular formula is C18H20F3N3O2. The third-order valence-corrected chi connectivity index (χ3v) is 5.26. The number of aromatic amines is 1. The van der Waals surface area contributed by atoms with Crippen molar-refractivity contribution in [1.82, 2.24) is 9.88 Å². The second-order valence-corrected chi connectivity index (χ2v) is 7.20. The molecule has 5 nitrogen and oxygen atoms in total.